The van der Waals surface area contributed by atoms with Crippen molar-refractivity contribution in [2.24, 2.45) is 7.05 Å². The number of nitrogens with one attached hydrogen (secondary N) is 1. The Bertz CT molecular complexity index is 791. The molecule has 102 valence electrons. The van der Waals surface area contributed by atoms with Crippen molar-refractivity contribution in [3.63, 3.8) is 0 Å². The molecule has 6 nitrogen and oxygen atoms in total. The van der Waals surface area contributed by atoms with Crippen LogP contribution < -0.4 is 5.32 Å². The first kappa shape index (κ1) is 12.7. The van der Waals surface area contributed by atoms with Gasteiger partial charge < -0.3 is 5.32 Å². The fraction of sp³-hybridized carbons (Fsp3) is 0.231. The van der Waals surface area contributed by atoms with Gasteiger partial charge in [-0.3, -0.25) is 4.79 Å². The lowest BCUT2D eigenvalue weighted by atomic mass is 10.2. The fourth-order valence-electron chi connectivity index (χ4n) is 2.17. The summed E-state index contributed by atoms with van der Waals surface area (Å²) >= 11 is 1.38. The minimum atomic E-state index is -0.258. The van der Waals surface area contributed by atoms with Gasteiger partial charge in [0.2, 0.25) is 0 Å². The van der Waals surface area contributed by atoms with Crippen molar-refractivity contribution in [1.29, 1.82) is 0 Å². The molecule has 0 aromatic carbocycles. The summed E-state index contributed by atoms with van der Waals surface area (Å²) in [5, 5.41) is 9.71. The van der Waals surface area contributed by atoms with Crippen molar-refractivity contribution in [2.75, 3.05) is 5.32 Å². The van der Waals surface area contributed by atoms with Gasteiger partial charge in [0.25, 0.3) is 5.91 Å². The molecule has 0 unspecified atom stereocenters. The molecule has 0 aliphatic carbocycles. The number of hydrogen-bond donors (Lipinski definition) is 1. The number of aryl methyl sites for hydroxylation is 3. The summed E-state index contributed by atoms with van der Waals surface area (Å²) in [5.74, 6) is 0.261. The van der Waals surface area contributed by atoms with Gasteiger partial charge in [-0.15, -0.1) is 11.3 Å². The highest BCUT2D eigenvalue weighted by Crippen LogP contribution is 2.25. The first-order chi connectivity index (χ1) is 9.56. The molecule has 20 heavy (non-hydrogen) atoms. The van der Waals surface area contributed by atoms with E-state index in [9.17, 15) is 4.79 Å². The largest absolute Gasteiger partial charge is 0.303 e. The fourth-order valence-corrected chi connectivity index (χ4v) is 2.71. The van der Waals surface area contributed by atoms with Crippen LogP contribution in [0.2, 0.25) is 0 Å². The summed E-state index contributed by atoms with van der Waals surface area (Å²) in [7, 11) is 1.81. The van der Waals surface area contributed by atoms with Gasteiger partial charge in [0.1, 0.15) is 5.69 Å². The molecule has 0 atom stereocenters. The number of anilines is 1. The Kier molecular flexibility index (Phi) is 2.98. The number of fused-ring (bicyclic) bond motifs is 1. The van der Waals surface area contributed by atoms with Crippen LogP contribution in [0.3, 0.4) is 0 Å². The average Bonchev–Trinajstić information content (AvgIpc) is 2.99. The maximum atomic E-state index is 12.1. The number of aromatic nitrogens is 4. The van der Waals surface area contributed by atoms with E-state index in [0.717, 1.165) is 22.3 Å². The third kappa shape index (κ3) is 2.05. The van der Waals surface area contributed by atoms with Crippen molar-refractivity contribution < 1.29 is 4.79 Å². The number of pyridine rings is 1. The SMILES string of the molecule is Cc1cc(C)c2c(NC(=O)c3cscn3)nn(C)c2n1. The quantitative estimate of drug-likeness (QED) is 0.785. The molecule has 0 fully saturated rings. The van der Waals surface area contributed by atoms with E-state index >= 15 is 0 Å². The molecule has 0 saturated carbocycles. The molecule has 0 aliphatic rings. The number of nitrogens with zero attached hydrogens (tertiary/aromatic N) is 4. The van der Waals surface area contributed by atoms with Crippen molar-refractivity contribution in [1.82, 2.24) is 19.7 Å². The molecule has 3 aromatic rings. The predicted molar refractivity (Wildman–Crippen MR) is 78.1 cm³/mol. The minimum absolute atomic E-state index is 0.258. The summed E-state index contributed by atoms with van der Waals surface area (Å²) in [4.78, 5) is 20.5. The van der Waals surface area contributed by atoms with Gasteiger partial charge in [0.05, 0.1) is 10.9 Å². The lowest BCUT2D eigenvalue weighted by Gasteiger charge is -2.02. The number of thiazole rings is 1. The zero-order valence-corrected chi connectivity index (χ0v) is 12.2. The highest BCUT2D eigenvalue weighted by Gasteiger charge is 2.16. The molecule has 0 radical (unpaired) electrons. The zero-order chi connectivity index (χ0) is 14.3. The van der Waals surface area contributed by atoms with Crippen LogP contribution in [0, 0.1) is 13.8 Å². The summed E-state index contributed by atoms with van der Waals surface area (Å²) in [5.41, 5.74) is 4.74. The summed E-state index contributed by atoms with van der Waals surface area (Å²) in [6.07, 6.45) is 0. The van der Waals surface area contributed by atoms with Crippen molar-refractivity contribution >= 4 is 34.1 Å². The molecule has 3 aromatic heterocycles. The van der Waals surface area contributed by atoms with E-state index in [2.05, 4.69) is 20.4 Å². The second-order valence-electron chi connectivity index (χ2n) is 4.58. The number of carbonyl (C=O) groups excluding carboxylic acids is 1. The topological polar surface area (TPSA) is 72.7 Å². The van der Waals surface area contributed by atoms with Crippen LogP contribution in [0.4, 0.5) is 5.82 Å². The van der Waals surface area contributed by atoms with E-state index < -0.39 is 0 Å². The van der Waals surface area contributed by atoms with Crippen molar-refractivity contribution in [3.8, 4) is 0 Å². The molecule has 0 spiro atoms. The van der Waals surface area contributed by atoms with Crippen LogP contribution in [-0.2, 0) is 7.05 Å². The molecular weight excluding hydrogens is 274 g/mol. The Labute approximate surface area is 119 Å². The molecule has 1 N–H and O–H groups in total. The maximum Gasteiger partial charge on any atom is 0.276 e. The van der Waals surface area contributed by atoms with Gasteiger partial charge in [-0.1, -0.05) is 0 Å². The van der Waals surface area contributed by atoms with Gasteiger partial charge >= 0.3 is 0 Å². The number of rotatable bonds is 2. The van der Waals surface area contributed by atoms with E-state index in [1.807, 2.05) is 27.0 Å². The molecule has 7 heteroatoms. The Morgan fingerprint density at radius 3 is 2.90 bits per heavy atom. The van der Waals surface area contributed by atoms with E-state index in [1.165, 1.54) is 11.3 Å². The molecule has 3 heterocycles. The smallest absolute Gasteiger partial charge is 0.276 e. The first-order valence-electron chi connectivity index (χ1n) is 6.07. The van der Waals surface area contributed by atoms with Gasteiger partial charge in [-0.25, -0.2) is 14.6 Å². The number of hydrogen-bond acceptors (Lipinski definition) is 5. The van der Waals surface area contributed by atoms with Gasteiger partial charge in [0.15, 0.2) is 11.5 Å². The van der Waals surface area contributed by atoms with Gasteiger partial charge in [-0.2, -0.15) is 5.10 Å². The molecular formula is C13H13N5OS. The summed E-state index contributed by atoms with van der Waals surface area (Å²) < 4.78 is 1.67. The second-order valence-corrected chi connectivity index (χ2v) is 5.30. The lowest BCUT2D eigenvalue weighted by molar-refractivity contribution is 0.102. The van der Waals surface area contributed by atoms with Crippen molar-refractivity contribution in [3.05, 3.63) is 33.9 Å². The normalized spacial score (nSPS) is 10.9. The predicted octanol–water partition coefficient (Wildman–Crippen LogP) is 2.29. The highest BCUT2D eigenvalue weighted by atomic mass is 32.1. The summed E-state index contributed by atoms with van der Waals surface area (Å²) in [6.45, 7) is 3.92. The van der Waals surface area contributed by atoms with Crippen LogP contribution in [-0.4, -0.2) is 25.7 Å². The van der Waals surface area contributed by atoms with E-state index in [4.69, 9.17) is 0 Å². The summed E-state index contributed by atoms with van der Waals surface area (Å²) in [6, 6.07) is 1.97. The number of amides is 1. The minimum Gasteiger partial charge on any atom is -0.303 e. The van der Waals surface area contributed by atoms with Crippen LogP contribution in [0.25, 0.3) is 11.0 Å². The first-order valence-corrected chi connectivity index (χ1v) is 7.01. The van der Waals surface area contributed by atoms with Crippen LogP contribution in [0.5, 0.6) is 0 Å². The molecule has 0 aliphatic heterocycles. The Balaban J connectivity index is 2.06. The van der Waals surface area contributed by atoms with Crippen molar-refractivity contribution in [2.45, 2.75) is 13.8 Å². The molecule has 0 bridgehead atoms. The van der Waals surface area contributed by atoms with Gasteiger partial charge in [0, 0.05) is 18.1 Å². The third-order valence-corrected chi connectivity index (χ3v) is 3.60. The van der Waals surface area contributed by atoms with E-state index in [-0.39, 0.29) is 5.91 Å². The van der Waals surface area contributed by atoms with Gasteiger partial charge in [-0.05, 0) is 25.5 Å². The monoisotopic (exact) mass is 287 g/mol. The highest BCUT2D eigenvalue weighted by molar-refractivity contribution is 7.07. The second kappa shape index (κ2) is 4.68. The Hall–Kier alpha value is -2.28. The zero-order valence-electron chi connectivity index (χ0n) is 11.3. The van der Waals surface area contributed by atoms with E-state index in [0.29, 0.717) is 11.5 Å². The Morgan fingerprint density at radius 1 is 1.40 bits per heavy atom. The molecule has 0 saturated heterocycles. The maximum absolute atomic E-state index is 12.1. The van der Waals surface area contributed by atoms with E-state index in [1.54, 1.807) is 15.6 Å². The standard InChI is InChI=1S/C13H13N5OS/c1-7-4-8(2)15-12-10(7)11(17-18(12)3)16-13(19)9-5-20-6-14-9/h4-6H,1-3H3,(H,16,17,19). The lowest BCUT2D eigenvalue weighted by Crippen LogP contribution is -2.13. The third-order valence-electron chi connectivity index (χ3n) is 3.02. The van der Waals surface area contributed by atoms with Crippen LogP contribution in [0.1, 0.15) is 21.7 Å². The Morgan fingerprint density at radius 2 is 2.20 bits per heavy atom. The van der Waals surface area contributed by atoms with Crippen LogP contribution in [0.15, 0.2) is 17.0 Å². The number of carbonyl (C=O) groups is 1. The average molecular weight is 287 g/mol. The molecule has 1 amide bonds. The van der Waals surface area contributed by atoms with Crippen LogP contribution >= 0.6 is 11.3 Å². The molecule has 3 rings (SSSR count).